The minimum atomic E-state index is -0.236. The van der Waals surface area contributed by atoms with E-state index in [4.69, 9.17) is 4.74 Å². The van der Waals surface area contributed by atoms with Gasteiger partial charge in [0.1, 0.15) is 11.4 Å². The molecule has 0 radical (unpaired) electrons. The molecule has 0 unspecified atom stereocenters. The van der Waals surface area contributed by atoms with Crippen molar-refractivity contribution in [3.63, 3.8) is 0 Å². The predicted molar refractivity (Wildman–Crippen MR) is 118 cm³/mol. The van der Waals surface area contributed by atoms with Gasteiger partial charge in [0.25, 0.3) is 5.91 Å². The maximum atomic E-state index is 12.7. The molecule has 29 heavy (non-hydrogen) atoms. The van der Waals surface area contributed by atoms with Crippen molar-refractivity contribution in [1.29, 1.82) is 0 Å². The van der Waals surface area contributed by atoms with Crippen LogP contribution in [-0.4, -0.2) is 23.5 Å². The van der Waals surface area contributed by atoms with Crippen LogP contribution >= 0.6 is 0 Å². The largest absolute Gasteiger partial charge is 0.491 e. The van der Waals surface area contributed by atoms with Crippen LogP contribution < -0.4 is 15.0 Å². The highest BCUT2D eigenvalue weighted by Gasteiger charge is 2.12. The molecular weight excluding hydrogens is 362 g/mol. The molecular formula is C24H27N3O2. The Bertz CT molecular complexity index is 924. The minimum absolute atomic E-state index is 0.111. The lowest BCUT2D eigenvalue weighted by Gasteiger charge is -2.23. The number of ether oxygens (including phenoxy) is 1. The average molecular weight is 389 g/mol. The van der Waals surface area contributed by atoms with E-state index >= 15 is 0 Å². The summed E-state index contributed by atoms with van der Waals surface area (Å²) in [5.41, 5.74) is 3.28. The van der Waals surface area contributed by atoms with E-state index in [0.29, 0.717) is 11.4 Å². The zero-order valence-corrected chi connectivity index (χ0v) is 17.1. The van der Waals surface area contributed by atoms with Crippen LogP contribution in [0.3, 0.4) is 0 Å². The van der Waals surface area contributed by atoms with Gasteiger partial charge in [-0.2, -0.15) is 0 Å². The van der Waals surface area contributed by atoms with E-state index < -0.39 is 0 Å². The lowest BCUT2D eigenvalue weighted by atomic mass is 10.2. The molecule has 0 aliphatic heterocycles. The van der Waals surface area contributed by atoms with Crippen LogP contribution in [0.15, 0.2) is 72.9 Å². The molecule has 0 atom stereocenters. The molecule has 0 fully saturated rings. The Morgan fingerprint density at radius 3 is 2.45 bits per heavy atom. The fourth-order valence-corrected chi connectivity index (χ4v) is 3.01. The Hall–Kier alpha value is -3.34. The molecule has 1 aromatic heterocycles. The third-order valence-corrected chi connectivity index (χ3v) is 4.42. The standard InChI is InChI=1S/C24H27N3O2/c1-4-27(17-19-8-6-5-7-9-19)21-14-15-25-23(16-21)24(28)26-20-10-12-22(13-11-20)29-18(2)3/h5-16,18H,4,17H2,1-3H3,(H,26,28). The summed E-state index contributed by atoms with van der Waals surface area (Å²) in [5, 5.41) is 2.90. The van der Waals surface area contributed by atoms with Gasteiger partial charge in [-0.15, -0.1) is 0 Å². The first-order chi connectivity index (χ1) is 14.0. The Morgan fingerprint density at radius 2 is 1.79 bits per heavy atom. The lowest BCUT2D eigenvalue weighted by Crippen LogP contribution is -2.23. The normalized spacial score (nSPS) is 10.6. The van der Waals surface area contributed by atoms with Crippen molar-refractivity contribution in [3.05, 3.63) is 84.2 Å². The van der Waals surface area contributed by atoms with Gasteiger partial charge in [-0.05, 0) is 62.7 Å². The van der Waals surface area contributed by atoms with Crippen molar-refractivity contribution in [3.8, 4) is 5.75 Å². The highest BCUT2D eigenvalue weighted by molar-refractivity contribution is 6.03. The molecule has 0 aliphatic carbocycles. The Balaban J connectivity index is 1.70. The van der Waals surface area contributed by atoms with E-state index in [1.807, 2.05) is 68.4 Å². The topological polar surface area (TPSA) is 54.5 Å². The van der Waals surface area contributed by atoms with Crippen molar-refractivity contribution in [2.45, 2.75) is 33.4 Å². The van der Waals surface area contributed by atoms with Crippen molar-refractivity contribution in [2.24, 2.45) is 0 Å². The van der Waals surface area contributed by atoms with Crippen LogP contribution in [0.5, 0.6) is 5.75 Å². The second kappa shape index (κ2) is 9.73. The number of hydrogen-bond acceptors (Lipinski definition) is 4. The maximum Gasteiger partial charge on any atom is 0.274 e. The van der Waals surface area contributed by atoms with Crippen LogP contribution in [0.25, 0.3) is 0 Å². The Kier molecular flexibility index (Phi) is 6.85. The first-order valence-corrected chi connectivity index (χ1v) is 9.88. The number of nitrogens with zero attached hydrogens (tertiary/aromatic N) is 2. The van der Waals surface area contributed by atoms with Crippen LogP contribution in [-0.2, 0) is 6.54 Å². The van der Waals surface area contributed by atoms with Gasteiger partial charge >= 0.3 is 0 Å². The van der Waals surface area contributed by atoms with Gasteiger partial charge in [0.05, 0.1) is 6.10 Å². The predicted octanol–water partition coefficient (Wildman–Crippen LogP) is 5.15. The van der Waals surface area contributed by atoms with Gasteiger partial charge in [-0.3, -0.25) is 9.78 Å². The summed E-state index contributed by atoms with van der Waals surface area (Å²) in [6, 6.07) is 21.4. The summed E-state index contributed by atoms with van der Waals surface area (Å²) in [4.78, 5) is 19.1. The van der Waals surface area contributed by atoms with Crippen molar-refractivity contribution >= 4 is 17.3 Å². The molecule has 1 N–H and O–H groups in total. The summed E-state index contributed by atoms with van der Waals surface area (Å²) in [6.07, 6.45) is 1.79. The number of carbonyl (C=O) groups excluding carboxylic acids is 1. The Morgan fingerprint density at radius 1 is 1.07 bits per heavy atom. The molecule has 1 heterocycles. The second-order valence-corrected chi connectivity index (χ2v) is 7.04. The monoisotopic (exact) mass is 389 g/mol. The summed E-state index contributed by atoms with van der Waals surface area (Å²) in [6.45, 7) is 7.67. The van der Waals surface area contributed by atoms with Crippen molar-refractivity contribution < 1.29 is 9.53 Å². The van der Waals surface area contributed by atoms with Gasteiger partial charge < -0.3 is 15.0 Å². The van der Waals surface area contributed by atoms with E-state index in [0.717, 1.165) is 24.5 Å². The third-order valence-electron chi connectivity index (χ3n) is 4.42. The highest BCUT2D eigenvalue weighted by Crippen LogP contribution is 2.20. The first-order valence-electron chi connectivity index (χ1n) is 9.88. The molecule has 0 saturated heterocycles. The quantitative estimate of drug-likeness (QED) is 0.579. The zero-order valence-electron chi connectivity index (χ0n) is 17.1. The summed E-state index contributed by atoms with van der Waals surface area (Å²) in [7, 11) is 0. The molecule has 3 aromatic rings. The van der Waals surface area contributed by atoms with E-state index in [2.05, 4.69) is 34.3 Å². The molecule has 0 aliphatic rings. The van der Waals surface area contributed by atoms with Crippen LogP contribution in [0.4, 0.5) is 11.4 Å². The fraction of sp³-hybridized carbons (Fsp3) is 0.250. The minimum Gasteiger partial charge on any atom is -0.491 e. The molecule has 0 bridgehead atoms. The number of carbonyl (C=O) groups is 1. The summed E-state index contributed by atoms with van der Waals surface area (Å²) < 4.78 is 5.63. The van der Waals surface area contributed by atoms with Crippen molar-refractivity contribution in [1.82, 2.24) is 4.98 Å². The Labute approximate surface area is 172 Å². The van der Waals surface area contributed by atoms with Gasteiger partial charge in [0.2, 0.25) is 0 Å². The molecule has 5 heteroatoms. The van der Waals surface area contributed by atoms with Crippen molar-refractivity contribution in [2.75, 3.05) is 16.8 Å². The summed E-state index contributed by atoms with van der Waals surface area (Å²) in [5.74, 6) is 0.540. The molecule has 3 rings (SSSR count). The maximum absolute atomic E-state index is 12.7. The van der Waals surface area contributed by atoms with E-state index in [9.17, 15) is 4.79 Å². The van der Waals surface area contributed by atoms with Crippen LogP contribution in [0.2, 0.25) is 0 Å². The third kappa shape index (κ3) is 5.82. The molecule has 150 valence electrons. The molecule has 0 spiro atoms. The SMILES string of the molecule is CCN(Cc1ccccc1)c1ccnc(C(=O)Nc2ccc(OC(C)C)cc2)c1. The number of nitrogens with one attached hydrogen (secondary N) is 1. The number of rotatable bonds is 8. The van der Waals surface area contributed by atoms with E-state index in [-0.39, 0.29) is 12.0 Å². The highest BCUT2D eigenvalue weighted by atomic mass is 16.5. The van der Waals surface area contributed by atoms with Gasteiger partial charge in [0.15, 0.2) is 0 Å². The molecule has 1 amide bonds. The fourth-order valence-electron chi connectivity index (χ4n) is 3.01. The average Bonchev–Trinajstić information content (AvgIpc) is 2.74. The molecule has 0 saturated carbocycles. The second-order valence-electron chi connectivity index (χ2n) is 7.04. The number of anilines is 2. The van der Waals surface area contributed by atoms with Gasteiger partial charge in [-0.25, -0.2) is 0 Å². The van der Waals surface area contributed by atoms with E-state index in [1.165, 1.54) is 5.56 Å². The first kappa shape index (κ1) is 20.4. The van der Waals surface area contributed by atoms with Gasteiger partial charge in [0, 0.05) is 30.7 Å². The number of benzene rings is 2. The summed E-state index contributed by atoms with van der Waals surface area (Å²) >= 11 is 0. The number of aromatic nitrogens is 1. The van der Waals surface area contributed by atoms with Crippen LogP contribution in [0, 0.1) is 0 Å². The molecule has 5 nitrogen and oxygen atoms in total. The van der Waals surface area contributed by atoms with E-state index in [1.54, 1.807) is 6.20 Å². The number of amides is 1. The molecule has 2 aromatic carbocycles. The number of hydrogen-bond donors (Lipinski definition) is 1. The van der Waals surface area contributed by atoms with Crippen LogP contribution in [0.1, 0.15) is 36.8 Å². The smallest absolute Gasteiger partial charge is 0.274 e. The van der Waals surface area contributed by atoms with Gasteiger partial charge in [-0.1, -0.05) is 30.3 Å². The zero-order chi connectivity index (χ0) is 20.6. The lowest BCUT2D eigenvalue weighted by molar-refractivity contribution is 0.102. The number of pyridine rings is 1.